The minimum absolute atomic E-state index is 0. The van der Waals surface area contributed by atoms with Gasteiger partial charge in [0, 0.05) is 11.4 Å². The van der Waals surface area contributed by atoms with Crippen molar-refractivity contribution in [3.05, 3.63) is 64.5 Å². The number of carboxylic acid groups (broad SMARTS) is 4. The summed E-state index contributed by atoms with van der Waals surface area (Å²) in [6, 6.07) is 6.07. The van der Waals surface area contributed by atoms with Crippen molar-refractivity contribution in [2.75, 3.05) is 10.6 Å². The van der Waals surface area contributed by atoms with Crippen LogP contribution in [0.4, 0.5) is 23.3 Å². The Morgan fingerprint density at radius 2 is 0.811 bits per heavy atom. The number of carbonyl (C=O) groups excluding carboxylic acids is 4. The number of rotatable bonds is 8. The molecule has 3 rings (SSSR count). The molecule has 0 bridgehead atoms. The molecular weight excluding hydrogens is 530 g/mol. The van der Waals surface area contributed by atoms with E-state index in [2.05, 4.69) is 25.6 Å². The predicted molar refractivity (Wildman–Crippen MR) is 101 cm³/mol. The average Bonchev–Trinajstić information content (AvgIpc) is 2.72. The normalized spacial score (nSPS) is 9.22. The van der Waals surface area contributed by atoms with Crippen LogP contribution < -0.4 is 149 Å². The number of carbonyl (C=O) groups is 4. The molecule has 1 aromatic heterocycles. The van der Waals surface area contributed by atoms with E-state index < -0.39 is 46.1 Å². The minimum atomic E-state index is -1.62. The van der Waals surface area contributed by atoms with Crippen molar-refractivity contribution >= 4 is 47.1 Å². The molecule has 0 aliphatic rings. The molecule has 1 heterocycles. The van der Waals surface area contributed by atoms with Crippen molar-refractivity contribution in [3.8, 4) is 0 Å². The summed E-state index contributed by atoms with van der Waals surface area (Å²) in [6.45, 7) is 1.48. The van der Waals surface area contributed by atoms with E-state index in [1.807, 2.05) is 0 Å². The first-order valence-electron chi connectivity index (χ1n) is 8.94. The summed E-state index contributed by atoms with van der Waals surface area (Å²) >= 11 is 0. The summed E-state index contributed by atoms with van der Waals surface area (Å²) in [5.41, 5.74) is -1.75. The van der Waals surface area contributed by atoms with Gasteiger partial charge >= 0.3 is 118 Å². The van der Waals surface area contributed by atoms with Crippen LogP contribution in [0.3, 0.4) is 0 Å². The third-order valence-electron chi connectivity index (χ3n) is 4.07. The maximum Gasteiger partial charge on any atom is 1.00 e. The molecule has 0 aliphatic heterocycles. The van der Waals surface area contributed by atoms with Gasteiger partial charge in [-0.1, -0.05) is 0 Å². The number of benzene rings is 2. The monoisotopic (exact) mass is 541 g/mol. The molecule has 0 unspecified atom stereocenters. The maximum atomic E-state index is 11.1. The van der Waals surface area contributed by atoms with Crippen LogP contribution >= 0.6 is 0 Å². The number of hydrogen-bond acceptors (Lipinski definition) is 13. The molecule has 0 saturated heterocycles. The Labute approximate surface area is 298 Å². The van der Waals surface area contributed by atoms with Gasteiger partial charge in [-0.3, -0.25) is 0 Å². The first-order chi connectivity index (χ1) is 15.5. The van der Waals surface area contributed by atoms with Gasteiger partial charge in [-0.25, -0.2) is 0 Å². The van der Waals surface area contributed by atoms with Gasteiger partial charge in [0.05, 0.1) is 23.9 Å². The van der Waals surface area contributed by atoms with E-state index in [-0.39, 0.29) is 147 Å². The van der Waals surface area contributed by atoms with E-state index in [4.69, 9.17) is 0 Å². The van der Waals surface area contributed by atoms with Gasteiger partial charge in [0.25, 0.3) is 0 Å². The Morgan fingerprint density at radius 1 is 0.541 bits per heavy atom. The van der Waals surface area contributed by atoms with Crippen LogP contribution in [0.25, 0.3) is 0 Å². The molecule has 2 N–H and O–H groups in total. The smallest absolute Gasteiger partial charge is 0.545 e. The number of aryl methyl sites for hydroxylation is 1. The summed E-state index contributed by atoms with van der Waals surface area (Å²) in [5, 5.41) is 49.8. The number of carboxylic acids is 4. The third-order valence-corrected chi connectivity index (χ3v) is 4.07. The Kier molecular flexibility index (Phi) is 17.3. The number of anilines is 4. The minimum Gasteiger partial charge on any atom is -0.545 e. The molecular formula is C20H11N5Na4O8. The molecule has 0 atom stereocenters. The van der Waals surface area contributed by atoms with Crippen LogP contribution in [0.1, 0.15) is 47.3 Å². The van der Waals surface area contributed by atoms with E-state index in [1.54, 1.807) is 0 Å². The van der Waals surface area contributed by atoms with Crippen molar-refractivity contribution in [3.63, 3.8) is 0 Å². The van der Waals surface area contributed by atoms with Gasteiger partial charge in [0.2, 0.25) is 11.9 Å². The van der Waals surface area contributed by atoms with Gasteiger partial charge in [-0.15, -0.1) is 0 Å². The molecule has 2 aromatic carbocycles. The van der Waals surface area contributed by atoms with Crippen molar-refractivity contribution in [2.24, 2.45) is 0 Å². The van der Waals surface area contributed by atoms with E-state index in [1.165, 1.54) is 6.92 Å². The molecule has 168 valence electrons. The van der Waals surface area contributed by atoms with Gasteiger partial charge in [0.1, 0.15) is 5.82 Å². The fourth-order valence-electron chi connectivity index (χ4n) is 2.72. The molecule has 0 radical (unpaired) electrons. The Bertz CT molecular complexity index is 1170. The number of nitrogens with zero attached hydrogens (tertiary/aromatic N) is 3. The second-order valence-electron chi connectivity index (χ2n) is 6.53. The summed E-state index contributed by atoms with van der Waals surface area (Å²) in [7, 11) is 0. The SMILES string of the molecule is Cc1nc(Nc2cc(C(=O)[O-])cc(C(=O)[O-])c2)nc(Nc2cc(C(=O)[O-])cc(C(=O)[O-])c2)n1.[Na+].[Na+].[Na+].[Na+]. The first kappa shape index (κ1) is 38.1. The molecule has 0 aliphatic carbocycles. The van der Waals surface area contributed by atoms with Crippen LogP contribution in [0.5, 0.6) is 0 Å². The molecule has 0 spiro atoms. The first-order valence-corrected chi connectivity index (χ1v) is 8.94. The molecule has 13 nitrogen and oxygen atoms in total. The maximum absolute atomic E-state index is 11.1. The van der Waals surface area contributed by atoms with Crippen LogP contribution in [-0.2, 0) is 0 Å². The van der Waals surface area contributed by atoms with Crippen LogP contribution in [0.15, 0.2) is 36.4 Å². The average molecular weight is 541 g/mol. The van der Waals surface area contributed by atoms with Crippen molar-refractivity contribution in [1.82, 2.24) is 15.0 Å². The standard InChI is InChI=1S/C20H15N5O8.4Na/c1-8-21-19(23-13-4-9(15(26)27)2-10(5-13)16(28)29)25-20(22-8)24-14-6-11(17(30)31)3-12(7-14)18(32)33;;;;/h2-7H,1H3,(H,26,27)(H,28,29)(H,30,31)(H,32,33)(H2,21,22,23,24,25);;;;/q;4*+1/p-4. The van der Waals surface area contributed by atoms with Crippen molar-refractivity contribution in [1.29, 1.82) is 0 Å². The zero-order chi connectivity index (χ0) is 24.3. The fourth-order valence-corrected chi connectivity index (χ4v) is 2.72. The zero-order valence-electron chi connectivity index (χ0n) is 20.6. The molecule has 0 amide bonds. The van der Waals surface area contributed by atoms with Crippen LogP contribution in [0, 0.1) is 6.92 Å². The van der Waals surface area contributed by atoms with Gasteiger partial charge in [0.15, 0.2) is 0 Å². The fraction of sp³-hybridized carbons (Fsp3) is 0.0500. The number of aromatic nitrogens is 3. The van der Waals surface area contributed by atoms with Crippen LogP contribution in [-0.4, -0.2) is 38.8 Å². The van der Waals surface area contributed by atoms with Crippen molar-refractivity contribution < 1.29 is 158 Å². The molecule has 37 heavy (non-hydrogen) atoms. The Morgan fingerprint density at radius 3 is 1.05 bits per heavy atom. The van der Waals surface area contributed by atoms with E-state index in [0.29, 0.717) is 0 Å². The van der Waals surface area contributed by atoms with E-state index in [0.717, 1.165) is 36.4 Å². The summed E-state index contributed by atoms with van der Waals surface area (Å²) in [4.78, 5) is 56.6. The molecule has 3 aromatic rings. The summed E-state index contributed by atoms with van der Waals surface area (Å²) in [6.07, 6.45) is 0. The van der Waals surface area contributed by atoms with Crippen molar-refractivity contribution in [2.45, 2.75) is 6.92 Å². The number of aromatic carboxylic acids is 4. The predicted octanol–water partition coefficient (Wildman–Crippen LogP) is -14.9. The van der Waals surface area contributed by atoms with Crippen LogP contribution in [0.2, 0.25) is 0 Å². The van der Waals surface area contributed by atoms with Gasteiger partial charge in [-0.2, -0.15) is 15.0 Å². The third kappa shape index (κ3) is 10.9. The molecule has 17 heteroatoms. The number of nitrogens with one attached hydrogen (secondary N) is 2. The Hall–Kier alpha value is -1.07. The molecule has 0 fully saturated rings. The summed E-state index contributed by atoms with van der Waals surface area (Å²) < 4.78 is 0. The Balaban J connectivity index is 0. The quantitative estimate of drug-likeness (QED) is 0.253. The van der Waals surface area contributed by atoms with E-state index >= 15 is 0 Å². The zero-order valence-corrected chi connectivity index (χ0v) is 28.6. The number of hydrogen-bond donors (Lipinski definition) is 2. The summed E-state index contributed by atoms with van der Waals surface area (Å²) in [5.74, 6) is -6.60. The van der Waals surface area contributed by atoms with Gasteiger partial charge < -0.3 is 50.2 Å². The second kappa shape index (κ2) is 16.8. The second-order valence-corrected chi connectivity index (χ2v) is 6.53. The van der Waals surface area contributed by atoms with Gasteiger partial charge in [-0.05, 0) is 65.6 Å². The van der Waals surface area contributed by atoms with E-state index in [9.17, 15) is 39.6 Å². The molecule has 0 saturated carbocycles. The largest absolute Gasteiger partial charge is 1.00 e. The topological polar surface area (TPSA) is 223 Å².